The molecule has 2 aromatic carbocycles. The van der Waals surface area contributed by atoms with Crippen molar-refractivity contribution in [2.24, 2.45) is 0 Å². The van der Waals surface area contributed by atoms with Gasteiger partial charge in [-0.05, 0) is 36.4 Å². The molecule has 0 unspecified atom stereocenters. The summed E-state index contributed by atoms with van der Waals surface area (Å²) < 4.78 is 76.8. The summed E-state index contributed by atoms with van der Waals surface area (Å²) in [5.41, 5.74) is 1.71. The number of nitrogens with two attached hydrogens (primary N) is 1. The molecule has 0 saturated heterocycles. The number of rotatable bonds is 2. The van der Waals surface area contributed by atoms with E-state index >= 15 is 0 Å². The monoisotopic (exact) mass is 382 g/mol. The second-order valence-electron chi connectivity index (χ2n) is 4.98. The number of nitrogen functional groups attached to an aromatic ring is 1. The SMILES string of the molecule is Nc1cc(NC(=O)c2cc(C(F)(F)F)cc(C(F)(F)F)c2)ccc1Cl. The number of anilines is 2. The predicted molar refractivity (Wildman–Crippen MR) is 80.3 cm³/mol. The lowest BCUT2D eigenvalue weighted by molar-refractivity contribution is -0.143. The summed E-state index contributed by atoms with van der Waals surface area (Å²) in [6.07, 6.45) is -10.1. The van der Waals surface area contributed by atoms with Gasteiger partial charge in [-0.2, -0.15) is 26.3 Å². The molecule has 0 fully saturated rings. The average Bonchev–Trinajstić information content (AvgIpc) is 2.48. The Kier molecular flexibility index (Phi) is 4.90. The third-order valence-corrected chi connectivity index (χ3v) is 3.45. The number of halogens is 7. The molecule has 0 radical (unpaired) electrons. The largest absolute Gasteiger partial charge is 0.416 e. The number of nitrogens with one attached hydrogen (secondary N) is 1. The number of benzene rings is 2. The smallest absolute Gasteiger partial charge is 0.397 e. The molecule has 0 spiro atoms. The Balaban J connectivity index is 2.42. The van der Waals surface area contributed by atoms with Crippen LogP contribution in [0.1, 0.15) is 21.5 Å². The van der Waals surface area contributed by atoms with E-state index in [1.54, 1.807) is 0 Å². The first kappa shape index (κ1) is 18.9. The first-order valence-electron chi connectivity index (χ1n) is 6.54. The maximum atomic E-state index is 12.8. The fourth-order valence-electron chi connectivity index (χ4n) is 1.91. The maximum Gasteiger partial charge on any atom is 0.416 e. The zero-order valence-electron chi connectivity index (χ0n) is 12.1. The van der Waals surface area contributed by atoms with Crippen LogP contribution < -0.4 is 11.1 Å². The third kappa shape index (κ3) is 4.56. The van der Waals surface area contributed by atoms with Gasteiger partial charge < -0.3 is 11.1 Å². The highest BCUT2D eigenvalue weighted by atomic mass is 35.5. The van der Waals surface area contributed by atoms with Gasteiger partial charge >= 0.3 is 12.4 Å². The molecule has 0 aromatic heterocycles. The minimum Gasteiger partial charge on any atom is -0.397 e. The van der Waals surface area contributed by atoms with Crippen molar-refractivity contribution in [3.8, 4) is 0 Å². The van der Waals surface area contributed by atoms with E-state index in [1.165, 1.54) is 18.2 Å². The molecular weight excluding hydrogens is 374 g/mol. The molecule has 2 rings (SSSR count). The zero-order valence-corrected chi connectivity index (χ0v) is 12.9. The second kappa shape index (κ2) is 6.47. The topological polar surface area (TPSA) is 55.1 Å². The van der Waals surface area contributed by atoms with E-state index in [-0.39, 0.29) is 22.5 Å². The normalized spacial score (nSPS) is 12.1. The molecule has 0 saturated carbocycles. The van der Waals surface area contributed by atoms with E-state index in [4.69, 9.17) is 17.3 Å². The fraction of sp³-hybridized carbons (Fsp3) is 0.133. The Morgan fingerprint density at radius 3 is 1.88 bits per heavy atom. The summed E-state index contributed by atoms with van der Waals surface area (Å²) in [7, 11) is 0. The van der Waals surface area contributed by atoms with Gasteiger partial charge in [-0.3, -0.25) is 4.79 Å². The van der Waals surface area contributed by atoms with Gasteiger partial charge in [0.1, 0.15) is 0 Å². The highest BCUT2D eigenvalue weighted by Crippen LogP contribution is 2.36. The standard InChI is InChI=1S/C15H9ClF6N2O/c16-11-2-1-10(6-12(11)23)24-13(25)7-3-8(14(17,18)19)5-9(4-7)15(20,21)22/h1-6H,23H2,(H,24,25). The van der Waals surface area contributed by atoms with Crippen LogP contribution in [-0.2, 0) is 12.4 Å². The molecule has 134 valence electrons. The molecule has 0 heterocycles. The Morgan fingerprint density at radius 2 is 1.44 bits per heavy atom. The summed E-state index contributed by atoms with van der Waals surface area (Å²) in [4.78, 5) is 12.0. The molecule has 0 atom stereocenters. The molecule has 10 heteroatoms. The molecule has 0 bridgehead atoms. The minimum atomic E-state index is -5.04. The summed E-state index contributed by atoms with van der Waals surface area (Å²) >= 11 is 5.69. The van der Waals surface area contributed by atoms with Gasteiger partial charge in [-0.15, -0.1) is 0 Å². The summed E-state index contributed by atoms with van der Waals surface area (Å²) in [6.45, 7) is 0. The minimum absolute atomic E-state index is 0.0585. The van der Waals surface area contributed by atoms with Crippen molar-refractivity contribution >= 4 is 28.9 Å². The highest BCUT2D eigenvalue weighted by molar-refractivity contribution is 6.33. The average molecular weight is 383 g/mol. The Labute approximate surface area is 142 Å². The lowest BCUT2D eigenvalue weighted by Crippen LogP contribution is -2.17. The fourth-order valence-corrected chi connectivity index (χ4v) is 2.03. The van der Waals surface area contributed by atoms with E-state index in [1.807, 2.05) is 0 Å². The van der Waals surface area contributed by atoms with Crippen molar-refractivity contribution in [1.82, 2.24) is 0 Å². The van der Waals surface area contributed by atoms with Crippen molar-refractivity contribution in [3.05, 3.63) is 58.1 Å². The maximum absolute atomic E-state index is 12.8. The molecule has 0 aliphatic heterocycles. The molecule has 25 heavy (non-hydrogen) atoms. The van der Waals surface area contributed by atoms with Gasteiger partial charge in [0.25, 0.3) is 5.91 Å². The number of carbonyl (C=O) groups is 1. The van der Waals surface area contributed by atoms with Crippen molar-refractivity contribution < 1.29 is 31.1 Å². The van der Waals surface area contributed by atoms with Crippen molar-refractivity contribution in [2.75, 3.05) is 11.1 Å². The number of hydrogen-bond acceptors (Lipinski definition) is 2. The van der Waals surface area contributed by atoms with E-state index in [0.717, 1.165) is 0 Å². The van der Waals surface area contributed by atoms with Crippen LogP contribution in [0.2, 0.25) is 5.02 Å². The first-order chi connectivity index (χ1) is 11.4. The Morgan fingerprint density at radius 1 is 0.920 bits per heavy atom. The van der Waals surface area contributed by atoms with Crippen LogP contribution in [0.5, 0.6) is 0 Å². The summed E-state index contributed by atoms with van der Waals surface area (Å²) in [5, 5.41) is 2.35. The Bertz CT molecular complexity index is 784. The van der Waals surface area contributed by atoms with Gasteiger partial charge in [-0.1, -0.05) is 11.6 Å². The van der Waals surface area contributed by atoms with Crippen LogP contribution in [0.15, 0.2) is 36.4 Å². The van der Waals surface area contributed by atoms with Gasteiger partial charge in [0.05, 0.1) is 21.8 Å². The number of amides is 1. The van der Waals surface area contributed by atoms with E-state index in [2.05, 4.69) is 5.32 Å². The van der Waals surface area contributed by atoms with Crippen molar-refractivity contribution in [2.45, 2.75) is 12.4 Å². The van der Waals surface area contributed by atoms with Crippen LogP contribution in [-0.4, -0.2) is 5.91 Å². The molecule has 3 nitrogen and oxygen atoms in total. The van der Waals surface area contributed by atoms with Crippen LogP contribution >= 0.6 is 11.6 Å². The number of alkyl halides is 6. The zero-order chi connectivity index (χ0) is 19.0. The first-order valence-corrected chi connectivity index (χ1v) is 6.91. The lowest BCUT2D eigenvalue weighted by atomic mass is 10.0. The van der Waals surface area contributed by atoms with E-state index in [9.17, 15) is 31.1 Å². The van der Waals surface area contributed by atoms with Crippen LogP contribution in [0.4, 0.5) is 37.7 Å². The number of hydrogen-bond donors (Lipinski definition) is 2. The second-order valence-corrected chi connectivity index (χ2v) is 5.39. The molecule has 0 aliphatic carbocycles. The molecule has 3 N–H and O–H groups in total. The van der Waals surface area contributed by atoms with Crippen molar-refractivity contribution in [1.29, 1.82) is 0 Å². The van der Waals surface area contributed by atoms with Crippen LogP contribution in [0.3, 0.4) is 0 Å². The van der Waals surface area contributed by atoms with Gasteiger partial charge in [0.15, 0.2) is 0 Å². The molecule has 1 amide bonds. The summed E-state index contributed by atoms with van der Waals surface area (Å²) in [6, 6.07) is 4.46. The highest BCUT2D eigenvalue weighted by Gasteiger charge is 2.37. The molecular formula is C15H9ClF6N2O. The molecule has 2 aromatic rings. The van der Waals surface area contributed by atoms with Crippen molar-refractivity contribution in [3.63, 3.8) is 0 Å². The quantitative estimate of drug-likeness (QED) is 0.553. The molecule has 0 aliphatic rings. The van der Waals surface area contributed by atoms with Crippen LogP contribution in [0, 0.1) is 0 Å². The van der Waals surface area contributed by atoms with Gasteiger partial charge in [-0.25, -0.2) is 0 Å². The van der Waals surface area contributed by atoms with E-state index < -0.39 is 35.0 Å². The number of carbonyl (C=O) groups excluding carboxylic acids is 1. The van der Waals surface area contributed by atoms with Crippen LogP contribution in [0.25, 0.3) is 0 Å². The van der Waals surface area contributed by atoms with Gasteiger partial charge in [0.2, 0.25) is 0 Å². The Hall–Kier alpha value is -2.42. The lowest BCUT2D eigenvalue weighted by Gasteiger charge is -2.14. The van der Waals surface area contributed by atoms with Gasteiger partial charge in [0, 0.05) is 11.3 Å². The predicted octanol–water partition coefficient (Wildman–Crippen LogP) is 5.21. The summed E-state index contributed by atoms with van der Waals surface area (Å²) in [5.74, 6) is -1.15. The third-order valence-electron chi connectivity index (χ3n) is 3.10. The van der Waals surface area contributed by atoms with E-state index in [0.29, 0.717) is 12.1 Å².